The normalized spacial score (nSPS) is 20.5. The summed E-state index contributed by atoms with van der Waals surface area (Å²) >= 11 is 0. The minimum atomic E-state index is 0.476. The molecular weight excluding hydrogens is 220 g/mol. The summed E-state index contributed by atoms with van der Waals surface area (Å²) < 4.78 is 0. The van der Waals surface area contributed by atoms with Crippen molar-refractivity contribution in [1.29, 1.82) is 0 Å². The van der Waals surface area contributed by atoms with Crippen LogP contribution in [-0.2, 0) is 0 Å². The Balaban J connectivity index is 1.94. The minimum absolute atomic E-state index is 0.476. The molecule has 0 aliphatic carbocycles. The maximum absolute atomic E-state index is 3.66. The van der Waals surface area contributed by atoms with Gasteiger partial charge in [0.25, 0.3) is 0 Å². The zero-order valence-corrected chi connectivity index (χ0v) is 12.9. The summed E-state index contributed by atoms with van der Waals surface area (Å²) in [5.41, 5.74) is 0.476. The highest BCUT2D eigenvalue weighted by Gasteiger charge is 2.17. The molecule has 1 heterocycles. The van der Waals surface area contributed by atoms with E-state index in [0.29, 0.717) is 5.41 Å². The lowest BCUT2D eigenvalue weighted by molar-refractivity contribution is 0.300. The van der Waals surface area contributed by atoms with Gasteiger partial charge in [0, 0.05) is 6.54 Å². The third kappa shape index (κ3) is 7.38. The maximum atomic E-state index is 3.66. The summed E-state index contributed by atoms with van der Waals surface area (Å²) in [6, 6.07) is 0. The average Bonchev–Trinajstić information content (AvgIpc) is 2.81. The standard InChI is InChI=1S/C16H34N2/c1-4-5-6-10-16(2,3)14-18-11-7-8-15-9-12-17-13-15/h15,17-18H,4-14H2,1-3H3. The molecule has 1 rings (SSSR count). The monoisotopic (exact) mass is 254 g/mol. The van der Waals surface area contributed by atoms with Crippen molar-refractivity contribution in [3.05, 3.63) is 0 Å². The van der Waals surface area contributed by atoms with Crippen LogP contribution < -0.4 is 10.6 Å². The minimum Gasteiger partial charge on any atom is -0.316 e. The van der Waals surface area contributed by atoms with Gasteiger partial charge in [0.05, 0.1) is 0 Å². The van der Waals surface area contributed by atoms with Gasteiger partial charge in [-0.3, -0.25) is 0 Å². The Morgan fingerprint density at radius 1 is 1.22 bits per heavy atom. The largest absolute Gasteiger partial charge is 0.316 e. The molecule has 0 aromatic rings. The van der Waals surface area contributed by atoms with Gasteiger partial charge < -0.3 is 10.6 Å². The fourth-order valence-electron chi connectivity index (χ4n) is 2.85. The van der Waals surface area contributed by atoms with Crippen LogP contribution in [-0.4, -0.2) is 26.2 Å². The third-order valence-corrected chi connectivity index (χ3v) is 4.19. The van der Waals surface area contributed by atoms with E-state index in [1.807, 2.05) is 0 Å². The van der Waals surface area contributed by atoms with Crippen molar-refractivity contribution in [1.82, 2.24) is 10.6 Å². The predicted molar refractivity (Wildman–Crippen MR) is 81.0 cm³/mol. The smallest absolute Gasteiger partial charge is 0.000252 e. The second kappa shape index (κ2) is 8.92. The van der Waals surface area contributed by atoms with Crippen LogP contribution in [0.2, 0.25) is 0 Å². The molecule has 0 radical (unpaired) electrons. The van der Waals surface area contributed by atoms with Gasteiger partial charge in [-0.05, 0) is 56.7 Å². The van der Waals surface area contributed by atoms with Crippen LogP contribution in [0.1, 0.15) is 65.7 Å². The van der Waals surface area contributed by atoms with E-state index in [4.69, 9.17) is 0 Å². The molecule has 1 aliphatic rings. The van der Waals surface area contributed by atoms with E-state index in [2.05, 4.69) is 31.4 Å². The van der Waals surface area contributed by atoms with Crippen molar-refractivity contribution in [2.75, 3.05) is 26.2 Å². The van der Waals surface area contributed by atoms with Gasteiger partial charge in [-0.25, -0.2) is 0 Å². The first-order chi connectivity index (χ1) is 8.64. The van der Waals surface area contributed by atoms with E-state index >= 15 is 0 Å². The van der Waals surface area contributed by atoms with Crippen LogP contribution in [0.4, 0.5) is 0 Å². The quantitative estimate of drug-likeness (QED) is 0.582. The molecule has 2 heteroatoms. The third-order valence-electron chi connectivity index (χ3n) is 4.19. The lowest BCUT2D eigenvalue weighted by Gasteiger charge is -2.25. The zero-order valence-electron chi connectivity index (χ0n) is 12.9. The molecule has 2 nitrogen and oxygen atoms in total. The van der Waals surface area contributed by atoms with Gasteiger partial charge in [-0.1, -0.05) is 40.0 Å². The molecule has 0 amide bonds. The summed E-state index contributed by atoms with van der Waals surface area (Å²) in [6.45, 7) is 12.0. The summed E-state index contributed by atoms with van der Waals surface area (Å²) in [4.78, 5) is 0. The molecule has 18 heavy (non-hydrogen) atoms. The highest BCUT2D eigenvalue weighted by Crippen LogP contribution is 2.22. The summed E-state index contributed by atoms with van der Waals surface area (Å²) in [5, 5.41) is 7.10. The Morgan fingerprint density at radius 2 is 2.06 bits per heavy atom. The fourth-order valence-corrected chi connectivity index (χ4v) is 2.85. The van der Waals surface area contributed by atoms with Crippen LogP contribution in [0.25, 0.3) is 0 Å². The molecule has 108 valence electrons. The van der Waals surface area contributed by atoms with Crippen molar-refractivity contribution >= 4 is 0 Å². The van der Waals surface area contributed by atoms with Gasteiger partial charge in [-0.15, -0.1) is 0 Å². The van der Waals surface area contributed by atoms with Gasteiger partial charge in [-0.2, -0.15) is 0 Å². The number of nitrogens with one attached hydrogen (secondary N) is 2. The van der Waals surface area contributed by atoms with E-state index in [1.165, 1.54) is 71.1 Å². The Hall–Kier alpha value is -0.0800. The van der Waals surface area contributed by atoms with E-state index in [0.717, 1.165) is 5.92 Å². The second-order valence-corrected chi connectivity index (χ2v) is 6.80. The van der Waals surface area contributed by atoms with Crippen molar-refractivity contribution in [2.45, 2.75) is 65.7 Å². The Kier molecular flexibility index (Phi) is 7.92. The Labute approximate surface area is 114 Å². The zero-order chi connectivity index (χ0) is 13.3. The molecule has 0 aromatic carbocycles. The molecular formula is C16H34N2. The number of unbranched alkanes of at least 4 members (excludes halogenated alkanes) is 2. The average molecular weight is 254 g/mol. The molecule has 0 aromatic heterocycles. The van der Waals surface area contributed by atoms with Gasteiger partial charge >= 0.3 is 0 Å². The van der Waals surface area contributed by atoms with Crippen molar-refractivity contribution in [3.63, 3.8) is 0 Å². The highest BCUT2D eigenvalue weighted by atomic mass is 14.9. The number of hydrogen-bond donors (Lipinski definition) is 2. The molecule has 2 N–H and O–H groups in total. The van der Waals surface area contributed by atoms with Gasteiger partial charge in [0.1, 0.15) is 0 Å². The fraction of sp³-hybridized carbons (Fsp3) is 1.00. The van der Waals surface area contributed by atoms with E-state index in [1.54, 1.807) is 0 Å². The lowest BCUT2D eigenvalue weighted by atomic mass is 9.87. The molecule has 0 bridgehead atoms. The molecule has 0 spiro atoms. The molecule has 1 atom stereocenters. The van der Waals surface area contributed by atoms with Crippen molar-refractivity contribution in [2.24, 2.45) is 11.3 Å². The molecule has 1 fully saturated rings. The van der Waals surface area contributed by atoms with Crippen LogP contribution in [0, 0.1) is 11.3 Å². The number of hydrogen-bond acceptors (Lipinski definition) is 2. The van der Waals surface area contributed by atoms with Crippen LogP contribution in [0.5, 0.6) is 0 Å². The molecule has 0 saturated carbocycles. The summed E-state index contributed by atoms with van der Waals surface area (Å²) in [7, 11) is 0. The van der Waals surface area contributed by atoms with E-state index < -0.39 is 0 Å². The Bertz CT molecular complexity index is 195. The first-order valence-electron chi connectivity index (χ1n) is 8.05. The Morgan fingerprint density at radius 3 is 2.72 bits per heavy atom. The van der Waals surface area contributed by atoms with Crippen LogP contribution in [0.15, 0.2) is 0 Å². The van der Waals surface area contributed by atoms with Crippen LogP contribution in [0.3, 0.4) is 0 Å². The first-order valence-corrected chi connectivity index (χ1v) is 8.05. The summed E-state index contributed by atoms with van der Waals surface area (Å²) in [6.07, 6.45) is 9.60. The van der Waals surface area contributed by atoms with Crippen molar-refractivity contribution in [3.8, 4) is 0 Å². The van der Waals surface area contributed by atoms with Crippen molar-refractivity contribution < 1.29 is 0 Å². The topological polar surface area (TPSA) is 24.1 Å². The summed E-state index contributed by atoms with van der Waals surface area (Å²) in [5.74, 6) is 0.948. The molecule has 1 saturated heterocycles. The lowest BCUT2D eigenvalue weighted by Crippen LogP contribution is -2.30. The van der Waals surface area contributed by atoms with Gasteiger partial charge in [0.15, 0.2) is 0 Å². The first kappa shape index (κ1) is 16.0. The van der Waals surface area contributed by atoms with E-state index in [-0.39, 0.29) is 0 Å². The number of rotatable bonds is 10. The molecule has 1 aliphatic heterocycles. The van der Waals surface area contributed by atoms with E-state index in [9.17, 15) is 0 Å². The molecule has 1 unspecified atom stereocenters. The van der Waals surface area contributed by atoms with Crippen LogP contribution >= 0.6 is 0 Å². The maximum Gasteiger partial charge on any atom is 0.000252 e. The predicted octanol–water partition coefficient (Wildman–Crippen LogP) is 3.57. The van der Waals surface area contributed by atoms with Gasteiger partial charge in [0.2, 0.25) is 0 Å². The highest BCUT2D eigenvalue weighted by molar-refractivity contribution is 4.73. The second-order valence-electron chi connectivity index (χ2n) is 6.80. The SMILES string of the molecule is CCCCCC(C)(C)CNCCCC1CCNC1.